The van der Waals surface area contributed by atoms with E-state index < -0.39 is 0 Å². The average Bonchev–Trinajstić information content (AvgIpc) is 2.17. The lowest BCUT2D eigenvalue weighted by molar-refractivity contribution is -0.140. The lowest BCUT2D eigenvalue weighted by Crippen LogP contribution is -2.09. The van der Waals surface area contributed by atoms with Crippen molar-refractivity contribution in [1.29, 1.82) is 0 Å². The summed E-state index contributed by atoms with van der Waals surface area (Å²) in [5.74, 6) is 0.440. The van der Waals surface area contributed by atoms with Crippen LogP contribution in [0.5, 0.6) is 0 Å². The highest BCUT2D eigenvalue weighted by Gasteiger charge is 2.03. The molecule has 2 nitrogen and oxygen atoms in total. The van der Waals surface area contributed by atoms with E-state index in [1.807, 2.05) is 0 Å². The van der Waals surface area contributed by atoms with Gasteiger partial charge in [0.1, 0.15) is 5.33 Å². The molecule has 0 aliphatic rings. The molecule has 0 amide bonds. The van der Waals surface area contributed by atoms with Gasteiger partial charge >= 0.3 is 5.97 Å². The van der Waals surface area contributed by atoms with Gasteiger partial charge in [-0.2, -0.15) is 0 Å². The fourth-order valence-corrected chi connectivity index (χ4v) is 1.38. The maximum absolute atomic E-state index is 10.8. The molecule has 3 heteroatoms. The first kappa shape index (κ1) is 14.7. The molecule has 88 valence electrons. The van der Waals surface area contributed by atoms with E-state index in [0.29, 0.717) is 17.9 Å². The number of ether oxygens (including phenoxy) is 1. The summed E-state index contributed by atoms with van der Waals surface area (Å²) in [5.41, 5.74) is 1.37. The van der Waals surface area contributed by atoms with Crippen LogP contribution >= 0.6 is 15.9 Å². The van der Waals surface area contributed by atoms with Gasteiger partial charge in [0.2, 0.25) is 0 Å². The summed E-state index contributed by atoms with van der Waals surface area (Å²) < 4.78 is 4.99. The number of hydrogen-bond donors (Lipinski definition) is 0. The second-order valence-electron chi connectivity index (χ2n) is 4.11. The van der Waals surface area contributed by atoms with Crippen LogP contribution in [-0.4, -0.2) is 17.9 Å². The quantitative estimate of drug-likeness (QED) is 0.403. The second-order valence-corrected chi connectivity index (χ2v) is 4.67. The molecule has 15 heavy (non-hydrogen) atoms. The number of allylic oxidation sites excluding steroid dienone is 2. The van der Waals surface area contributed by atoms with Gasteiger partial charge in [-0.05, 0) is 39.0 Å². The highest BCUT2D eigenvalue weighted by atomic mass is 79.9. The van der Waals surface area contributed by atoms with Crippen LogP contribution in [-0.2, 0) is 9.53 Å². The molecule has 0 saturated carbocycles. The number of carbonyl (C=O) groups excluding carboxylic acids is 1. The van der Waals surface area contributed by atoms with E-state index in [2.05, 4.69) is 42.8 Å². The lowest BCUT2D eigenvalue weighted by Gasteiger charge is -2.09. The lowest BCUT2D eigenvalue weighted by atomic mass is 10.0. The smallest absolute Gasteiger partial charge is 0.316 e. The topological polar surface area (TPSA) is 26.3 Å². The Morgan fingerprint density at radius 1 is 1.40 bits per heavy atom. The molecular weight excluding hydrogens is 256 g/mol. The highest BCUT2D eigenvalue weighted by Crippen LogP contribution is 2.11. The predicted octanol–water partition coefficient (Wildman–Crippen LogP) is 3.70. The first-order valence-corrected chi connectivity index (χ1v) is 6.53. The third kappa shape index (κ3) is 9.98. The number of halogens is 1. The van der Waals surface area contributed by atoms with E-state index in [9.17, 15) is 4.79 Å². The number of carbonyl (C=O) groups is 1. The van der Waals surface area contributed by atoms with E-state index in [1.54, 1.807) is 0 Å². The van der Waals surface area contributed by atoms with E-state index in [1.165, 1.54) is 5.57 Å². The molecule has 0 fully saturated rings. The normalized spacial score (nSPS) is 12.0. The minimum atomic E-state index is -0.175. The van der Waals surface area contributed by atoms with Crippen molar-refractivity contribution in [3.63, 3.8) is 0 Å². The molecule has 0 spiro atoms. The van der Waals surface area contributed by atoms with Crippen molar-refractivity contribution in [2.45, 2.75) is 40.0 Å². The van der Waals surface area contributed by atoms with Gasteiger partial charge in [-0.15, -0.1) is 0 Å². The van der Waals surface area contributed by atoms with E-state index >= 15 is 0 Å². The highest BCUT2D eigenvalue weighted by molar-refractivity contribution is 9.09. The summed E-state index contributed by atoms with van der Waals surface area (Å²) in [4.78, 5) is 10.8. The zero-order valence-electron chi connectivity index (χ0n) is 9.88. The van der Waals surface area contributed by atoms with Crippen LogP contribution in [0.4, 0.5) is 0 Å². The first-order chi connectivity index (χ1) is 7.06. The zero-order valence-corrected chi connectivity index (χ0v) is 11.5. The van der Waals surface area contributed by atoms with Crippen LogP contribution in [0, 0.1) is 5.92 Å². The molecule has 0 radical (unpaired) electrons. The summed E-state index contributed by atoms with van der Waals surface area (Å²) in [6, 6.07) is 0. The Balaban J connectivity index is 3.45. The second kappa shape index (κ2) is 8.96. The van der Waals surface area contributed by atoms with Crippen molar-refractivity contribution in [3.05, 3.63) is 11.6 Å². The Morgan fingerprint density at radius 2 is 2.07 bits per heavy atom. The van der Waals surface area contributed by atoms with Crippen LogP contribution in [0.2, 0.25) is 0 Å². The number of hydrogen-bond acceptors (Lipinski definition) is 2. The van der Waals surface area contributed by atoms with Crippen molar-refractivity contribution >= 4 is 21.9 Å². The minimum absolute atomic E-state index is 0.175. The molecule has 0 saturated heterocycles. The molecule has 0 rings (SSSR count). The van der Waals surface area contributed by atoms with Crippen LogP contribution in [0.1, 0.15) is 40.0 Å². The van der Waals surface area contributed by atoms with Crippen molar-refractivity contribution in [2.24, 2.45) is 5.92 Å². The van der Waals surface area contributed by atoms with Crippen LogP contribution < -0.4 is 0 Å². The van der Waals surface area contributed by atoms with E-state index in [0.717, 1.165) is 19.3 Å². The third-order valence-electron chi connectivity index (χ3n) is 2.19. The van der Waals surface area contributed by atoms with Crippen LogP contribution in [0.25, 0.3) is 0 Å². The maximum atomic E-state index is 10.8. The summed E-state index contributed by atoms with van der Waals surface area (Å²) >= 11 is 3.06. The fraction of sp³-hybridized carbons (Fsp3) is 0.750. The molecule has 0 aliphatic carbocycles. The monoisotopic (exact) mass is 276 g/mol. The molecule has 0 heterocycles. The summed E-state index contributed by atoms with van der Waals surface area (Å²) in [7, 11) is 0. The van der Waals surface area contributed by atoms with E-state index in [4.69, 9.17) is 4.74 Å². The molecule has 1 unspecified atom stereocenters. The summed E-state index contributed by atoms with van der Waals surface area (Å²) in [6.07, 6.45) is 5.49. The molecule has 0 aromatic rings. The molecule has 0 aromatic heterocycles. The van der Waals surface area contributed by atoms with Gasteiger partial charge in [0, 0.05) is 0 Å². The molecule has 0 aliphatic heterocycles. The molecule has 0 bridgehead atoms. The number of alkyl halides is 1. The largest absolute Gasteiger partial charge is 0.465 e. The van der Waals surface area contributed by atoms with Crippen molar-refractivity contribution in [1.82, 2.24) is 0 Å². The molecular formula is C12H21BrO2. The fourth-order valence-electron chi connectivity index (χ4n) is 1.21. The maximum Gasteiger partial charge on any atom is 0.316 e. The van der Waals surface area contributed by atoms with Gasteiger partial charge in [-0.3, -0.25) is 4.79 Å². The standard InChI is InChI=1S/C12H21BrO2/c1-10(2)5-4-6-11(3)7-8-15-12(14)9-13/h5,11H,4,6-9H2,1-3H3. The van der Waals surface area contributed by atoms with Gasteiger partial charge in [-0.1, -0.05) is 34.5 Å². The summed E-state index contributed by atoms with van der Waals surface area (Å²) in [6.45, 7) is 6.96. The van der Waals surface area contributed by atoms with Gasteiger partial charge in [0.05, 0.1) is 6.61 Å². The van der Waals surface area contributed by atoms with Crippen molar-refractivity contribution in [2.75, 3.05) is 11.9 Å². The Labute approximate surface area is 101 Å². The van der Waals surface area contributed by atoms with Crippen LogP contribution in [0.15, 0.2) is 11.6 Å². The Kier molecular flexibility index (Phi) is 8.77. The molecule has 0 aromatic carbocycles. The average molecular weight is 277 g/mol. The third-order valence-corrected chi connectivity index (χ3v) is 2.65. The van der Waals surface area contributed by atoms with Gasteiger partial charge < -0.3 is 4.74 Å². The first-order valence-electron chi connectivity index (χ1n) is 5.41. The predicted molar refractivity (Wildman–Crippen MR) is 67.2 cm³/mol. The van der Waals surface area contributed by atoms with Crippen molar-refractivity contribution in [3.8, 4) is 0 Å². The number of esters is 1. The van der Waals surface area contributed by atoms with Gasteiger partial charge in [-0.25, -0.2) is 0 Å². The van der Waals surface area contributed by atoms with Crippen molar-refractivity contribution < 1.29 is 9.53 Å². The SMILES string of the molecule is CC(C)=CCCC(C)CCOC(=O)CBr. The molecule has 1 atom stereocenters. The van der Waals surface area contributed by atoms with Gasteiger partial charge in [0.25, 0.3) is 0 Å². The Hall–Kier alpha value is -0.310. The molecule has 0 N–H and O–H groups in total. The zero-order chi connectivity index (χ0) is 11.7. The summed E-state index contributed by atoms with van der Waals surface area (Å²) in [5, 5.41) is 0.291. The van der Waals surface area contributed by atoms with Crippen LogP contribution in [0.3, 0.4) is 0 Å². The minimum Gasteiger partial charge on any atom is -0.465 e. The Bertz CT molecular complexity index is 208. The van der Waals surface area contributed by atoms with Gasteiger partial charge in [0.15, 0.2) is 0 Å². The Morgan fingerprint density at radius 3 is 2.60 bits per heavy atom. The number of rotatable bonds is 7. The van der Waals surface area contributed by atoms with E-state index in [-0.39, 0.29) is 5.97 Å².